The maximum absolute atomic E-state index is 12.7. The molecule has 0 atom stereocenters. The summed E-state index contributed by atoms with van der Waals surface area (Å²) in [7, 11) is 2.10. The molecule has 3 heterocycles. The average molecular weight is 377 g/mol. The third-order valence-electron chi connectivity index (χ3n) is 5.68. The number of rotatable bonds is 3. The summed E-state index contributed by atoms with van der Waals surface area (Å²) in [5.41, 5.74) is 7.15. The highest BCUT2D eigenvalue weighted by Gasteiger charge is 2.19. The van der Waals surface area contributed by atoms with Crippen molar-refractivity contribution in [2.24, 2.45) is 0 Å². The topological polar surface area (TPSA) is 65.1 Å². The van der Waals surface area contributed by atoms with Crippen molar-refractivity contribution in [3.63, 3.8) is 0 Å². The zero-order chi connectivity index (χ0) is 19.8. The standard InChI is InChI=1S/C22H27N5O/c1-14-11-20(22-15(2)24-25-16(22)3)23-19-6-5-17(12-18(14)19)13-21(28)27-9-7-26(4)8-10-27/h5-6,11-12H,7-10,13H2,1-4H3,(H,24,25). The summed E-state index contributed by atoms with van der Waals surface area (Å²) in [6.45, 7) is 9.64. The molecule has 2 aromatic heterocycles. The molecule has 1 saturated heterocycles. The molecule has 1 amide bonds. The molecular weight excluding hydrogens is 350 g/mol. The number of aromatic nitrogens is 3. The minimum atomic E-state index is 0.208. The summed E-state index contributed by atoms with van der Waals surface area (Å²) in [6, 6.07) is 8.29. The van der Waals surface area contributed by atoms with Gasteiger partial charge in [0.15, 0.2) is 0 Å². The summed E-state index contributed by atoms with van der Waals surface area (Å²) in [5, 5.41) is 8.42. The van der Waals surface area contributed by atoms with Crippen LogP contribution in [0.25, 0.3) is 22.2 Å². The van der Waals surface area contributed by atoms with E-state index in [9.17, 15) is 4.79 Å². The van der Waals surface area contributed by atoms with Gasteiger partial charge in [0.2, 0.25) is 5.91 Å². The van der Waals surface area contributed by atoms with E-state index < -0.39 is 0 Å². The summed E-state index contributed by atoms with van der Waals surface area (Å²) in [4.78, 5) is 21.8. The van der Waals surface area contributed by atoms with Crippen LogP contribution in [0.1, 0.15) is 22.5 Å². The van der Waals surface area contributed by atoms with Gasteiger partial charge in [0.25, 0.3) is 0 Å². The van der Waals surface area contributed by atoms with Crippen molar-refractivity contribution in [1.82, 2.24) is 25.0 Å². The third kappa shape index (κ3) is 3.52. The highest BCUT2D eigenvalue weighted by molar-refractivity contribution is 5.87. The molecule has 1 fully saturated rings. The number of hydrogen-bond acceptors (Lipinski definition) is 4. The number of aryl methyl sites for hydroxylation is 3. The monoisotopic (exact) mass is 377 g/mol. The van der Waals surface area contributed by atoms with E-state index in [0.29, 0.717) is 6.42 Å². The summed E-state index contributed by atoms with van der Waals surface area (Å²) in [5.74, 6) is 0.208. The van der Waals surface area contributed by atoms with Crippen LogP contribution in [-0.4, -0.2) is 64.1 Å². The molecule has 0 spiro atoms. The van der Waals surface area contributed by atoms with Gasteiger partial charge in [0.05, 0.1) is 23.3 Å². The number of hydrogen-bond donors (Lipinski definition) is 1. The van der Waals surface area contributed by atoms with Gasteiger partial charge in [-0.05, 0) is 57.1 Å². The second-order valence-electron chi connectivity index (χ2n) is 7.85. The Morgan fingerprint density at radius 1 is 1.11 bits per heavy atom. The minimum absolute atomic E-state index is 0.208. The molecule has 4 rings (SSSR count). The largest absolute Gasteiger partial charge is 0.340 e. The molecule has 146 valence electrons. The first kappa shape index (κ1) is 18.6. The Hall–Kier alpha value is -2.73. The van der Waals surface area contributed by atoms with Crippen LogP contribution in [0.5, 0.6) is 0 Å². The van der Waals surface area contributed by atoms with Crippen LogP contribution in [0.15, 0.2) is 24.3 Å². The smallest absolute Gasteiger partial charge is 0.227 e. The van der Waals surface area contributed by atoms with Crippen molar-refractivity contribution in [2.75, 3.05) is 33.2 Å². The molecule has 0 aliphatic carbocycles. The first-order valence-electron chi connectivity index (χ1n) is 9.81. The molecule has 0 radical (unpaired) electrons. The van der Waals surface area contributed by atoms with Crippen molar-refractivity contribution in [1.29, 1.82) is 0 Å². The molecule has 0 unspecified atom stereocenters. The lowest BCUT2D eigenvalue weighted by atomic mass is 10.0. The van der Waals surface area contributed by atoms with E-state index in [1.54, 1.807) is 0 Å². The lowest BCUT2D eigenvalue weighted by molar-refractivity contribution is -0.132. The maximum Gasteiger partial charge on any atom is 0.227 e. The summed E-state index contributed by atoms with van der Waals surface area (Å²) >= 11 is 0. The predicted octanol–water partition coefficient (Wildman–Crippen LogP) is 2.87. The zero-order valence-electron chi connectivity index (χ0n) is 17.0. The fourth-order valence-corrected chi connectivity index (χ4v) is 3.95. The van der Waals surface area contributed by atoms with Crippen molar-refractivity contribution in [3.8, 4) is 11.3 Å². The van der Waals surface area contributed by atoms with Gasteiger partial charge in [-0.3, -0.25) is 9.89 Å². The van der Waals surface area contributed by atoms with Gasteiger partial charge in [-0.25, -0.2) is 4.98 Å². The van der Waals surface area contributed by atoms with E-state index in [1.165, 1.54) is 0 Å². The van der Waals surface area contributed by atoms with Gasteiger partial charge in [0.1, 0.15) is 0 Å². The number of aromatic amines is 1. The van der Waals surface area contributed by atoms with Gasteiger partial charge in [-0.2, -0.15) is 5.10 Å². The second-order valence-corrected chi connectivity index (χ2v) is 7.85. The van der Waals surface area contributed by atoms with Crippen molar-refractivity contribution in [3.05, 3.63) is 46.8 Å². The van der Waals surface area contributed by atoms with Crippen molar-refractivity contribution < 1.29 is 4.79 Å². The van der Waals surface area contributed by atoms with E-state index in [-0.39, 0.29) is 5.91 Å². The van der Waals surface area contributed by atoms with Gasteiger partial charge in [-0.1, -0.05) is 6.07 Å². The van der Waals surface area contributed by atoms with Crippen LogP contribution in [0, 0.1) is 20.8 Å². The SMILES string of the molecule is Cc1n[nH]c(C)c1-c1cc(C)c2cc(CC(=O)N3CCN(C)CC3)ccc2n1. The van der Waals surface area contributed by atoms with E-state index in [1.807, 2.05) is 30.9 Å². The fourth-order valence-electron chi connectivity index (χ4n) is 3.95. The number of nitrogens with one attached hydrogen (secondary N) is 1. The van der Waals surface area contributed by atoms with E-state index in [4.69, 9.17) is 4.98 Å². The van der Waals surface area contributed by atoms with E-state index in [2.05, 4.69) is 41.2 Å². The minimum Gasteiger partial charge on any atom is -0.340 e. The van der Waals surface area contributed by atoms with E-state index in [0.717, 1.165) is 70.9 Å². The van der Waals surface area contributed by atoms with Crippen LogP contribution in [0.3, 0.4) is 0 Å². The first-order valence-corrected chi connectivity index (χ1v) is 9.81. The Morgan fingerprint density at radius 2 is 1.86 bits per heavy atom. The summed E-state index contributed by atoms with van der Waals surface area (Å²) < 4.78 is 0. The molecule has 1 N–H and O–H groups in total. The normalized spacial score (nSPS) is 15.4. The number of piperazine rings is 1. The molecule has 0 bridgehead atoms. The average Bonchev–Trinajstić information content (AvgIpc) is 3.01. The van der Waals surface area contributed by atoms with Crippen molar-refractivity contribution >= 4 is 16.8 Å². The Labute approximate surface area is 165 Å². The van der Waals surface area contributed by atoms with Gasteiger partial charge in [0, 0.05) is 42.8 Å². The Balaban J connectivity index is 1.60. The molecule has 1 aromatic carbocycles. The number of likely N-dealkylation sites (N-methyl/N-ethyl adjacent to an activating group) is 1. The van der Waals surface area contributed by atoms with Crippen LogP contribution < -0.4 is 0 Å². The third-order valence-corrected chi connectivity index (χ3v) is 5.68. The Bertz CT molecular complexity index is 1010. The quantitative estimate of drug-likeness (QED) is 0.762. The van der Waals surface area contributed by atoms with Crippen LogP contribution in [0.2, 0.25) is 0 Å². The molecule has 28 heavy (non-hydrogen) atoms. The fraction of sp³-hybridized carbons (Fsp3) is 0.409. The number of fused-ring (bicyclic) bond motifs is 1. The lowest BCUT2D eigenvalue weighted by Gasteiger charge is -2.32. The van der Waals surface area contributed by atoms with Crippen LogP contribution in [0.4, 0.5) is 0 Å². The highest BCUT2D eigenvalue weighted by Crippen LogP contribution is 2.28. The highest BCUT2D eigenvalue weighted by atomic mass is 16.2. The first-order chi connectivity index (χ1) is 13.4. The number of benzene rings is 1. The van der Waals surface area contributed by atoms with Gasteiger partial charge in [-0.15, -0.1) is 0 Å². The predicted molar refractivity (Wildman–Crippen MR) is 111 cm³/mol. The number of carbonyl (C=O) groups is 1. The van der Waals surface area contributed by atoms with Gasteiger partial charge < -0.3 is 9.80 Å². The van der Waals surface area contributed by atoms with Crippen LogP contribution in [-0.2, 0) is 11.2 Å². The maximum atomic E-state index is 12.7. The molecule has 3 aromatic rings. The van der Waals surface area contributed by atoms with Gasteiger partial charge >= 0.3 is 0 Å². The number of amides is 1. The number of pyridine rings is 1. The number of carbonyl (C=O) groups excluding carboxylic acids is 1. The number of H-pyrrole nitrogens is 1. The van der Waals surface area contributed by atoms with Crippen LogP contribution >= 0.6 is 0 Å². The molecular formula is C22H27N5O. The summed E-state index contributed by atoms with van der Waals surface area (Å²) in [6.07, 6.45) is 0.445. The molecule has 6 nitrogen and oxygen atoms in total. The second kappa shape index (κ2) is 7.36. The zero-order valence-corrected chi connectivity index (χ0v) is 17.0. The molecule has 1 aliphatic rings. The Kier molecular flexibility index (Phi) is 4.89. The molecule has 1 aliphatic heterocycles. The lowest BCUT2D eigenvalue weighted by Crippen LogP contribution is -2.47. The molecule has 6 heteroatoms. The molecule has 0 saturated carbocycles. The van der Waals surface area contributed by atoms with E-state index >= 15 is 0 Å². The number of nitrogens with zero attached hydrogens (tertiary/aromatic N) is 4. The Morgan fingerprint density at radius 3 is 2.54 bits per heavy atom. The van der Waals surface area contributed by atoms with Crippen molar-refractivity contribution in [2.45, 2.75) is 27.2 Å².